The van der Waals surface area contributed by atoms with E-state index in [0.717, 1.165) is 46.6 Å². The molecule has 1 aliphatic rings. The molecule has 3 aromatic heterocycles. The number of hydrogen-bond acceptors (Lipinski definition) is 9. The summed E-state index contributed by atoms with van der Waals surface area (Å²) in [6.45, 7) is 3.54. The second-order valence-electron chi connectivity index (χ2n) is 7.46. The second-order valence-corrected chi connectivity index (χ2v) is 9.72. The number of thioether (sulfide) groups is 1. The van der Waals surface area contributed by atoms with Crippen LogP contribution in [-0.4, -0.2) is 44.8 Å². The van der Waals surface area contributed by atoms with Crippen molar-refractivity contribution < 1.29 is 13.9 Å². The van der Waals surface area contributed by atoms with Gasteiger partial charge in [-0.2, -0.15) is 0 Å². The van der Waals surface area contributed by atoms with Crippen LogP contribution in [0.2, 0.25) is 0 Å². The van der Waals surface area contributed by atoms with Crippen LogP contribution in [0.3, 0.4) is 0 Å². The van der Waals surface area contributed by atoms with E-state index in [4.69, 9.17) is 13.9 Å². The van der Waals surface area contributed by atoms with Crippen molar-refractivity contribution in [1.82, 2.24) is 25.0 Å². The Morgan fingerprint density at radius 2 is 2.06 bits per heavy atom. The summed E-state index contributed by atoms with van der Waals surface area (Å²) in [6, 6.07) is 11.8. The van der Waals surface area contributed by atoms with Crippen molar-refractivity contribution in [2.24, 2.45) is 0 Å². The van der Waals surface area contributed by atoms with Gasteiger partial charge in [0, 0.05) is 12.2 Å². The van der Waals surface area contributed by atoms with E-state index in [9.17, 15) is 0 Å². The molecule has 0 N–H and O–H groups in total. The van der Waals surface area contributed by atoms with Crippen LogP contribution in [0.5, 0.6) is 5.75 Å². The van der Waals surface area contributed by atoms with Gasteiger partial charge in [0.2, 0.25) is 5.89 Å². The largest absolute Gasteiger partial charge is 0.497 e. The highest BCUT2D eigenvalue weighted by atomic mass is 32.2. The first-order valence-electron chi connectivity index (χ1n) is 10.4. The van der Waals surface area contributed by atoms with Crippen LogP contribution >= 0.6 is 23.1 Å². The minimum Gasteiger partial charge on any atom is -0.497 e. The van der Waals surface area contributed by atoms with Crippen molar-refractivity contribution >= 4 is 23.1 Å². The highest BCUT2D eigenvalue weighted by Crippen LogP contribution is 2.37. The third-order valence-electron chi connectivity index (χ3n) is 5.28. The molecule has 4 aromatic rings. The van der Waals surface area contributed by atoms with E-state index >= 15 is 0 Å². The van der Waals surface area contributed by atoms with E-state index in [2.05, 4.69) is 25.0 Å². The molecule has 0 aliphatic carbocycles. The number of aromatic nitrogens is 5. The second kappa shape index (κ2) is 9.43. The quantitative estimate of drug-likeness (QED) is 0.330. The highest BCUT2D eigenvalue weighted by Gasteiger charge is 2.25. The fourth-order valence-electron chi connectivity index (χ4n) is 3.59. The Labute approximate surface area is 194 Å². The number of rotatable bonds is 8. The van der Waals surface area contributed by atoms with Crippen molar-refractivity contribution in [2.45, 2.75) is 42.8 Å². The summed E-state index contributed by atoms with van der Waals surface area (Å²) >= 11 is 3.13. The van der Waals surface area contributed by atoms with E-state index in [-0.39, 0.29) is 11.4 Å². The zero-order valence-corrected chi connectivity index (χ0v) is 19.4. The molecule has 0 saturated carbocycles. The van der Waals surface area contributed by atoms with Crippen molar-refractivity contribution in [2.75, 3.05) is 13.7 Å². The van der Waals surface area contributed by atoms with Crippen LogP contribution < -0.4 is 4.74 Å². The van der Waals surface area contributed by atoms with Crippen molar-refractivity contribution in [3.8, 4) is 27.9 Å². The summed E-state index contributed by atoms with van der Waals surface area (Å²) in [4.78, 5) is 0.962. The summed E-state index contributed by atoms with van der Waals surface area (Å²) in [5.41, 5.74) is 0.980. The molecule has 1 saturated heterocycles. The number of benzene rings is 1. The van der Waals surface area contributed by atoms with Gasteiger partial charge in [-0.1, -0.05) is 17.8 Å². The smallest absolute Gasteiger partial charge is 0.257 e. The lowest BCUT2D eigenvalue weighted by Gasteiger charge is -2.15. The lowest BCUT2D eigenvalue weighted by atomic mass is 10.2. The SMILES string of the molecule is COc1ccc(-c2nnc(SC(C)c3nnc(-c4cccs4)o3)n2CC2CCCO2)cc1. The molecule has 0 bridgehead atoms. The standard InChI is InChI=1S/C22H23N5O3S2/c1-14(20-24-25-21(30-20)18-6-4-12-31-18)32-22-26-23-19(15-7-9-16(28-2)10-8-15)27(22)13-17-5-3-11-29-17/h4,6-10,12,14,17H,3,5,11,13H2,1-2H3. The fraction of sp³-hybridized carbons (Fsp3) is 0.364. The first-order valence-corrected chi connectivity index (χ1v) is 12.2. The normalized spacial score (nSPS) is 17.0. The van der Waals surface area contributed by atoms with Crippen LogP contribution in [0, 0.1) is 0 Å². The molecule has 1 fully saturated rings. The maximum Gasteiger partial charge on any atom is 0.257 e. The number of nitrogens with zero attached hydrogens (tertiary/aromatic N) is 5. The van der Waals surface area contributed by atoms with Crippen molar-refractivity contribution in [1.29, 1.82) is 0 Å². The summed E-state index contributed by atoms with van der Waals surface area (Å²) in [5.74, 6) is 2.72. The molecule has 4 heterocycles. The van der Waals surface area contributed by atoms with E-state index < -0.39 is 0 Å². The Morgan fingerprint density at radius 1 is 1.19 bits per heavy atom. The van der Waals surface area contributed by atoms with Gasteiger partial charge >= 0.3 is 0 Å². The molecule has 2 atom stereocenters. The van der Waals surface area contributed by atoms with Gasteiger partial charge in [0.1, 0.15) is 5.75 Å². The maximum absolute atomic E-state index is 5.92. The Hall–Kier alpha value is -2.69. The Morgan fingerprint density at radius 3 is 2.78 bits per heavy atom. The highest BCUT2D eigenvalue weighted by molar-refractivity contribution is 7.99. The number of ether oxygens (including phenoxy) is 2. The third kappa shape index (κ3) is 4.43. The van der Waals surface area contributed by atoms with Crippen molar-refractivity contribution in [3.05, 3.63) is 47.7 Å². The van der Waals surface area contributed by atoms with E-state index in [1.165, 1.54) is 0 Å². The van der Waals surface area contributed by atoms with Crippen LogP contribution in [-0.2, 0) is 11.3 Å². The fourth-order valence-corrected chi connectivity index (χ4v) is 5.13. The van der Waals surface area contributed by atoms with Gasteiger partial charge in [-0.3, -0.25) is 4.57 Å². The monoisotopic (exact) mass is 469 g/mol. The lowest BCUT2D eigenvalue weighted by Crippen LogP contribution is -2.16. The molecule has 0 amide bonds. The van der Waals surface area contributed by atoms with Gasteiger partial charge < -0.3 is 13.9 Å². The maximum atomic E-state index is 5.92. The van der Waals surface area contributed by atoms with E-state index in [0.29, 0.717) is 18.3 Å². The number of hydrogen-bond donors (Lipinski definition) is 0. The molecule has 0 spiro atoms. The summed E-state index contributed by atoms with van der Waals surface area (Å²) in [7, 11) is 1.66. The predicted molar refractivity (Wildman–Crippen MR) is 123 cm³/mol. The summed E-state index contributed by atoms with van der Waals surface area (Å²) in [6.07, 6.45) is 2.27. The van der Waals surface area contributed by atoms with Gasteiger partial charge in [0.05, 0.1) is 29.9 Å². The number of methoxy groups -OCH3 is 1. The minimum atomic E-state index is -0.0765. The van der Waals surface area contributed by atoms with Gasteiger partial charge in [0.15, 0.2) is 11.0 Å². The van der Waals surface area contributed by atoms with Crippen molar-refractivity contribution in [3.63, 3.8) is 0 Å². The molecule has 8 nitrogen and oxygen atoms in total. The molecule has 32 heavy (non-hydrogen) atoms. The summed E-state index contributed by atoms with van der Waals surface area (Å²) < 4.78 is 19.2. The molecule has 1 aromatic carbocycles. The van der Waals surface area contributed by atoms with Gasteiger partial charge in [-0.25, -0.2) is 0 Å². The molecule has 0 radical (unpaired) electrons. The van der Waals surface area contributed by atoms with Crippen LogP contribution in [0.15, 0.2) is 51.4 Å². The average Bonchev–Trinajstić information content (AvgIpc) is 3.62. The minimum absolute atomic E-state index is 0.0765. The summed E-state index contributed by atoms with van der Waals surface area (Å²) in [5, 5.41) is 20.2. The van der Waals surface area contributed by atoms with Crippen LogP contribution in [0.4, 0.5) is 0 Å². The third-order valence-corrected chi connectivity index (χ3v) is 7.20. The van der Waals surface area contributed by atoms with Gasteiger partial charge in [-0.05, 0) is 55.5 Å². The first-order chi connectivity index (χ1) is 15.7. The molecule has 2 unspecified atom stereocenters. The molecule has 166 valence electrons. The average molecular weight is 470 g/mol. The molecule has 10 heteroatoms. The first kappa shape index (κ1) is 21.2. The van der Waals surface area contributed by atoms with Crippen LogP contribution in [0.25, 0.3) is 22.2 Å². The predicted octanol–water partition coefficient (Wildman–Crippen LogP) is 5.10. The molecular weight excluding hydrogens is 446 g/mol. The zero-order valence-electron chi connectivity index (χ0n) is 17.8. The van der Waals surface area contributed by atoms with Gasteiger partial charge in [0.25, 0.3) is 5.89 Å². The van der Waals surface area contributed by atoms with Gasteiger partial charge in [-0.15, -0.1) is 31.7 Å². The Bertz CT molecular complexity index is 1150. The Kier molecular flexibility index (Phi) is 6.24. The molecule has 5 rings (SSSR count). The van der Waals surface area contributed by atoms with E-state index in [1.54, 1.807) is 30.2 Å². The molecular formula is C22H23N5O3S2. The topological polar surface area (TPSA) is 88.1 Å². The lowest BCUT2D eigenvalue weighted by molar-refractivity contribution is 0.0953. The Balaban J connectivity index is 1.41. The zero-order chi connectivity index (χ0) is 21.9. The molecule has 1 aliphatic heterocycles. The number of thiophene rings is 1. The van der Waals surface area contributed by atoms with Crippen LogP contribution in [0.1, 0.15) is 30.9 Å². The van der Waals surface area contributed by atoms with E-state index in [1.807, 2.05) is 48.7 Å².